The number of aliphatic hydroxyl groups excluding tert-OH is 1. The molecule has 0 saturated carbocycles. The number of nitrogens with one attached hydrogen (secondary N) is 1. The lowest BCUT2D eigenvalue weighted by Gasteiger charge is -2.08. The molecule has 0 saturated heterocycles. The third kappa shape index (κ3) is 4.18. The van der Waals surface area contributed by atoms with Crippen LogP contribution in [-0.2, 0) is 4.74 Å². The predicted molar refractivity (Wildman–Crippen MR) is 66.4 cm³/mol. The van der Waals surface area contributed by atoms with Crippen LogP contribution in [0.3, 0.4) is 0 Å². The highest BCUT2D eigenvalue weighted by atomic mass is 16.5. The van der Waals surface area contributed by atoms with Gasteiger partial charge in [-0.05, 0) is 38.1 Å². The molecule has 0 unspecified atom stereocenters. The summed E-state index contributed by atoms with van der Waals surface area (Å²) in [5, 5.41) is 11.1. The van der Waals surface area contributed by atoms with Gasteiger partial charge >= 0.3 is 5.97 Å². The quantitative estimate of drug-likeness (QED) is 0.765. The zero-order valence-electron chi connectivity index (χ0n) is 10.5. The van der Waals surface area contributed by atoms with Crippen molar-refractivity contribution in [1.82, 2.24) is 5.32 Å². The summed E-state index contributed by atoms with van der Waals surface area (Å²) in [6, 6.07) is 6.17. The number of hydrogen-bond acceptors (Lipinski definition) is 4. The van der Waals surface area contributed by atoms with Gasteiger partial charge in [0.15, 0.2) is 0 Å². The molecule has 18 heavy (non-hydrogen) atoms. The van der Waals surface area contributed by atoms with Gasteiger partial charge in [0.25, 0.3) is 5.91 Å². The summed E-state index contributed by atoms with van der Waals surface area (Å²) in [6.07, 6.45) is -0.176. The van der Waals surface area contributed by atoms with Crippen LogP contribution in [0, 0.1) is 0 Å². The molecule has 1 aromatic carbocycles. The monoisotopic (exact) mass is 251 g/mol. The normalized spacial score (nSPS) is 10.2. The van der Waals surface area contributed by atoms with Crippen molar-refractivity contribution < 1.29 is 19.4 Å². The molecule has 0 aliphatic rings. The van der Waals surface area contributed by atoms with Crippen molar-refractivity contribution in [1.29, 1.82) is 0 Å². The van der Waals surface area contributed by atoms with E-state index >= 15 is 0 Å². The first-order chi connectivity index (χ1) is 8.54. The van der Waals surface area contributed by atoms with Gasteiger partial charge in [-0.1, -0.05) is 0 Å². The summed E-state index contributed by atoms with van der Waals surface area (Å²) in [6.45, 7) is 3.64. The van der Waals surface area contributed by atoms with E-state index in [9.17, 15) is 9.59 Å². The number of esters is 1. The maximum Gasteiger partial charge on any atom is 0.338 e. The molecule has 0 heterocycles. The molecule has 0 aliphatic heterocycles. The molecule has 98 valence electrons. The highest BCUT2D eigenvalue weighted by molar-refractivity contribution is 5.96. The van der Waals surface area contributed by atoms with Crippen molar-refractivity contribution in [2.24, 2.45) is 0 Å². The Labute approximate surface area is 106 Å². The van der Waals surface area contributed by atoms with Crippen LogP contribution in [0.4, 0.5) is 0 Å². The third-order valence-corrected chi connectivity index (χ3v) is 2.12. The maximum absolute atomic E-state index is 11.6. The molecule has 1 rings (SSSR count). The van der Waals surface area contributed by atoms with Gasteiger partial charge < -0.3 is 15.2 Å². The first-order valence-corrected chi connectivity index (χ1v) is 5.74. The highest BCUT2D eigenvalue weighted by Crippen LogP contribution is 2.07. The van der Waals surface area contributed by atoms with Gasteiger partial charge in [0, 0.05) is 12.1 Å². The number of amides is 1. The largest absolute Gasteiger partial charge is 0.459 e. The smallest absolute Gasteiger partial charge is 0.338 e. The van der Waals surface area contributed by atoms with Gasteiger partial charge in [-0.15, -0.1) is 0 Å². The molecule has 0 bridgehead atoms. The van der Waals surface area contributed by atoms with Crippen LogP contribution in [0.25, 0.3) is 0 Å². The van der Waals surface area contributed by atoms with Crippen molar-refractivity contribution in [2.45, 2.75) is 20.0 Å². The van der Waals surface area contributed by atoms with Crippen LogP contribution < -0.4 is 5.32 Å². The molecule has 0 spiro atoms. The number of carbonyl (C=O) groups excluding carboxylic acids is 2. The second-order valence-corrected chi connectivity index (χ2v) is 4.01. The van der Waals surface area contributed by atoms with E-state index in [1.807, 2.05) is 0 Å². The van der Waals surface area contributed by atoms with Crippen molar-refractivity contribution >= 4 is 11.9 Å². The summed E-state index contributed by atoms with van der Waals surface area (Å²) >= 11 is 0. The zero-order valence-corrected chi connectivity index (χ0v) is 10.5. The van der Waals surface area contributed by atoms with Crippen molar-refractivity contribution in [3.63, 3.8) is 0 Å². The molecule has 1 amide bonds. The van der Waals surface area contributed by atoms with Crippen LogP contribution >= 0.6 is 0 Å². The molecule has 2 N–H and O–H groups in total. The Morgan fingerprint density at radius 3 is 2.28 bits per heavy atom. The van der Waals surface area contributed by atoms with E-state index < -0.39 is 5.97 Å². The minimum atomic E-state index is -0.410. The highest BCUT2D eigenvalue weighted by Gasteiger charge is 2.10. The summed E-state index contributed by atoms with van der Waals surface area (Å²) in [4.78, 5) is 23.1. The summed E-state index contributed by atoms with van der Waals surface area (Å²) in [7, 11) is 0. The third-order valence-electron chi connectivity index (χ3n) is 2.12. The van der Waals surface area contributed by atoms with Gasteiger partial charge in [0.05, 0.1) is 18.3 Å². The first-order valence-electron chi connectivity index (χ1n) is 5.74. The standard InChI is InChI=1S/C13H17NO4/c1-9(2)18-13(17)11-5-3-10(4-6-11)12(16)14-7-8-15/h3-6,9,15H,7-8H2,1-2H3,(H,14,16). The predicted octanol–water partition coefficient (Wildman–Crippen LogP) is 0.974. The summed E-state index contributed by atoms with van der Waals surface area (Å²) < 4.78 is 5.03. The zero-order chi connectivity index (χ0) is 13.5. The topological polar surface area (TPSA) is 75.6 Å². The molecule has 0 radical (unpaired) electrons. The fourth-order valence-electron chi connectivity index (χ4n) is 1.31. The Hall–Kier alpha value is -1.88. The van der Waals surface area contributed by atoms with E-state index in [0.29, 0.717) is 11.1 Å². The van der Waals surface area contributed by atoms with Gasteiger partial charge in [-0.25, -0.2) is 4.79 Å². The SMILES string of the molecule is CC(C)OC(=O)c1ccc(C(=O)NCCO)cc1. The lowest BCUT2D eigenvalue weighted by atomic mass is 10.1. The van der Waals surface area contributed by atoms with E-state index in [1.165, 1.54) is 0 Å². The number of ether oxygens (including phenoxy) is 1. The summed E-state index contributed by atoms with van der Waals surface area (Å²) in [5.41, 5.74) is 0.840. The van der Waals surface area contributed by atoms with Crippen LogP contribution in [-0.4, -0.2) is 36.2 Å². The van der Waals surface area contributed by atoms with E-state index in [1.54, 1.807) is 38.1 Å². The number of aliphatic hydroxyl groups is 1. The minimum absolute atomic E-state index is 0.107. The fraction of sp³-hybridized carbons (Fsp3) is 0.385. The minimum Gasteiger partial charge on any atom is -0.459 e. The molecule has 5 heteroatoms. The van der Waals surface area contributed by atoms with Crippen LogP contribution in [0.15, 0.2) is 24.3 Å². The number of carbonyl (C=O) groups is 2. The van der Waals surface area contributed by atoms with Gasteiger partial charge in [0.1, 0.15) is 0 Å². The Kier molecular flexibility index (Phi) is 5.32. The molecule has 1 aromatic rings. The maximum atomic E-state index is 11.6. The number of rotatable bonds is 5. The first kappa shape index (κ1) is 14.2. The van der Waals surface area contributed by atoms with Crippen LogP contribution in [0.5, 0.6) is 0 Å². The second kappa shape index (κ2) is 6.76. The average molecular weight is 251 g/mol. The molecular weight excluding hydrogens is 234 g/mol. The number of benzene rings is 1. The van der Waals surface area contributed by atoms with Crippen LogP contribution in [0.1, 0.15) is 34.6 Å². The lowest BCUT2D eigenvalue weighted by Crippen LogP contribution is -2.26. The van der Waals surface area contributed by atoms with Crippen molar-refractivity contribution in [2.75, 3.05) is 13.2 Å². The van der Waals surface area contributed by atoms with Gasteiger partial charge in [-0.2, -0.15) is 0 Å². The van der Waals surface area contributed by atoms with E-state index in [4.69, 9.17) is 9.84 Å². The average Bonchev–Trinajstić information content (AvgIpc) is 2.35. The molecule has 5 nitrogen and oxygen atoms in total. The lowest BCUT2D eigenvalue weighted by molar-refractivity contribution is 0.0377. The van der Waals surface area contributed by atoms with E-state index in [-0.39, 0.29) is 25.2 Å². The summed E-state index contributed by atoms with van der Waals surface area (Å²) in [5.74, 6) is -0.694. The number of hydrogen-bond donors (Lipinski definition) is 2. The Bertz CT molecular complexity index is 412. The second-order valence-electron chi connectivity index (χ2n) is 4.01. The molecular formula is C13H17NO4. The Balaban J connectivity index is 2.67. The van der Waals surface area contributed by atoms with E-state index in [0.717, 1.165) is 0 Å². The van der Waals surface area contributed by atoms with Crippen LogP contribution in [0.2, 0.25) is 0 Å². The van der Waals surface area contributed by atoms with Crippen molar-refractivity contribution in [3.8, 4) is 0 Å². The Morgan fingerprint density at radius 1 is 1.22 bits per heavy atom. The van der Waals surface area contributed by atoms with Gasteiger partial charge in [0.2, 0.25) is 0 Å². The molecule has 0 aliphatic carbocycles. The van der Waals surface area contributed by atoms with Crippen molar-refractivity contribution in [3.05, 3.63) is 35.4 Å². The molecule has 0 aromatic heterocycles. The fourth-order valence-corrected chi connectivity index (χ4v) is 1.31. The molecule has 0 atom stereocenters. The van der Waals surface area contributed by atoms with E-state index in [2.05, 4.69) is 5.32 Å². The molecule has 0 fully saturated rings. The van der Waals surface area contributed by atoms with Gasteiger partial charge in [-0.3, -0.25) is 4.79 Å². The Morgan fingerprint density at radius 2 is 1.78 bits per heavy atom.